The van der Waals surface area contributed by atoms with Gasteiger partial charge in [-0.15, -0.1) is 0 Å². The van der Waals surface area contributed by atoms with E-state index in [-0.39, 0.29) is 5.75 Å². The predicted molar refractivity (Wildman–Crippen MR) is 79.2 cm³/mol. The van der Waals surface area contributed by atoms with Crippen molar-refractivity contribution >= 4 is 27.3 Å². The molecule has 0 atom stereocenters. The van der Waals surface area contributed by atoms with Crippen LogP contribution in [0.1, 0.15) is 24.8 Å². The molecule has 2 N–H and O–H groups in total. The Morgan fingerprint density at radius 2 is 2.11 bits per heavy atom. The average Bonchev–Trinajstić information content (AvgIpc) is 3.12. The number of rotatable bonds is 7. The van der Waals surface area contributed by atoms with Crippen LogP contribution in [-0.4, -0.2) is 26.8 Å². The lowest BCUT2D eigenvalue weighted by molar-refractivity contribution is 0.593. The number of anilines is 1. The smallest absolute Gasteiger partial charge is 0.232 e. The monoisotopic (exact) mass is 302 g/mol. The summed E-state index contributed by atoms with van der Waals surface area (Å²) >= 11 is 6.01. The first-order valence-electron chi connectivity index (χ1n) is 6.46. The Bertz CT molecular complexity index is 542. The molecule has 0 unspecified atom stereocenters. The van der Waals surface area contributed by atoms with Crippen LogP contribution < -0.4 is 10.0 Å². The summed E-state index contributed by atoms with van der Waals surface area (Å²) in [5.41, 5.74) is 1.45. The SMILES string of the molecule is Cc1ccc(NS(=O)(=O)CCCNC2CC2)c(Cl)c1. The lowest BCUT2D eigenvalue weighted by atomic mass is 10.2. The van der Waals surface area contributed by atoms with Crippen molar-refractivity contribution in [2.45, 2.75) is 32.2 Å². The number of sulfonamides is 1. The molecule has 1 aliphatic rings. The summed E-state index contributed by atoms with van der Waals surface area (Å²) in [4.78, 5) is 0. The van der Waals surface area contributed by atoms with Crippen LogP contribution >= 0.6 is 11.6 Å². The fourth-order valence-corrected chi connectivity index (χ4v) is 3.26. The molecule has 0 aliphatic heterocycles. The van der Waals surface area contributed by atoms with Gasteiger partial charge in [-0.2, -0.15) is 0 Å². The van der Waals surface area contributed by atoms with Gasteiger partial charge in [0, 0.05) is 6.04 Å². The third kappa shape index (κ3) is 5.01. The Balaban J connectivity index is 1.84. The van der Waals surface area contributed by atoms with E-state index in [0.29, 0.717) is 23.2 Å². The van der Waals surface area contributed by atoms with E-state index in [1.807, 2.05) is 13.0 Å². The molecular formula is C13H19ClN2O2S. The minimum atomic E-state index is -3.32. The normalized spacial score (nSPS) is 15.5. The standard InChI is InChI=1S/C13H19ClN2O2S/c1-10-3-6-13(12(14)9-10)16-19(17,18)8-2-7-15-11-4-5-11/h3,6,9,11,15-16H,2,4-5,7-8H2,1H3. The highest BCUT2D eigenvalue weighted by Gasteiger charge is 2.20. The number of nitrogens with one attached hydrogen (secondary N) is 2. The molecule has 1 fully saturated rings. The van der Waals surface area contributed by atoms with Gasteiger partial charge >= 0.3 is 0 Å². The van der Waals surface area contributed by atoms with E-state index in [1.54, 1.807) is 12.1 Å². The van der Waals surface area contributed by atoms with Crippen LogP contribution in [0.2, 0.25) is 5.02 Å². The Hall–Kier alpha value is -0.780. The van der Waals surface area contributed by atoms with E-state index in [4.69, 9.17) is 11.6 Å². The van der Waals surface area contributed by atoms with Crippen LogP contribution in [0.15, 0.2) is 18.2 Å². The van der Waals surface area contributed by atoms with E-state index < -0.39 is 10.0 Å². The van der Waals surface area contributed by atoms with Crippen molar-refractivity contribution in [3.63, 3.8) is 0 Å². The second-order valence-corrected chi connectivity index (χ2v) is 7.24. The number of halogens is 1. The summed E-state index contributed by atoms with van der Waals surface area (Å²) in [7, 11) is -3.32. The molecule has 0 saturated heterocycles. The van der Waals surface area contributed by atoms with Crippen molar-refractivity contribution < 1.29 is 8.42 Å². The molecule has 1 saturated carbocycles. The molecule has 2 rings (SSSR count). The summed E-state index contributed by atoms with van der Waals surface area (Å²) in [6.07, 6.45) is 3.03. The third-order valence-electron chi connectivity index (χ3n) is 2.99. The van der Waals surface area contributed by atoms with Crippen molar-refractivity contribution in [2.75, 3.05) is 17.0 Å². The van der Waals surface area contributed by atoms with Crippen LogP contribution in [0.5, 0.6) is 0 Å². The van der Waals surface area contributed by atoms with E-state index in [0.717, 1.165) is 12.1 Å². The molecule has 0 heterocycles. The van der Waals surface area contributed by atoms with Crippen molar-refractivity contribution in [1.29, 1.82) is 0 Å². The van der Waals surface area contributed by atoms with E-state index in [1.165, 1.54) is 12.8 Å². The summed E-state index contributed by atoms with van der Waals surface area (Å²) < 4.78 is 26.3. The molecule has 1 aliphatic carbocycles. The first-order chi connectivity index (χ1) is 8.96. The van der Waals surface area contributed by atoms with Crippen LogP contribution in [0.4, 0.5) is 5.69 Å². The van der Waals surface area contributed by atoms with Gasteiger partial charge in [-0.3, -0.25) is 4.72 Å². The number of hydrogen-bond acceptors (Lipinski definition) is 3. The molecule has 1 aromatic carbocycles. The fraction of sp³-hybridized carbons (Fsp3) is 0.538. The lowest BCUT2D eigenvalue weighted by Crippen LogP contribution is -2.23. The van der Waals surface area contributed by atoms with E-state index in [2.05, 4.69) is 10.0 Å². The maximum Gasteiger partial charge on any atom is 0.232 e. The molecule has 0 aromatic heterocycles. The van der Waals surface area contributed by atoms with E-state index in [9.17, 15) is 8.42 Å². The van der Waals surface area contributed by atoms with Gasteiger partial charge in [0.25, 0.3) is 0 Å². The molecule has 1 aromatic rings. The first kappa shape index (κ1) is 14.6. The zero-order valence-electron chi connectivity index (χ0n) is 10.9. The molecule has 0 amide bonds. The van der Waals surface area contributed by atoms with Gasteiger partial charge in [-0.1, -0.05) is 17.7 Å². The molecule has 6 heteroatoms. The lowest BCUT2D eigenvalue weighted by Gasteiger charge is -2.10. The third-order valence-corrected chi connectivity index (χ3v) is 4.66. The van der Waals surface area contributed by atoms with Gasteiger partial charge in [0.2, 0.25) is 10.0 Å². The highest BCUT2D eigenvalue weighted by Crippen LogP contribution is 2.24. The molecule has 0 bridgehead atoms. The second kappa shape index (κ2) is 6.11. The Morgan fingerprint density at radius 3 is 2.74 bits per heavy atom. The van der Waals surface area contributed by atoms with Crippen LogP contribution in [-0.2, 0) is 10.0 Å². The second-order valence-electron chi connectivity index (χ2n) is 4.99. The fourth-order valence-electron chi connectivity index (χ4n) is 1.78. The summed E-state index contributed by atoms with van der Waals surface area (Å²) in [5.74, 6) is 0.108. The van der Waals surface area contributed by atoms with Gasteiger partial charge in [-0.25, -0.2) is 8.42 Å². The van der Waals surface area contributed by atoms with Crippen molar-refractivity contribution in [3.8, 4) is 0 Å². The van der Waals surface area contributed by atoms with Gasteiger partial charge in [0.15, 0.2) is 0 Å². The number of benzene rings is 1. The van der Waals surface area contributed by atoms with Gasteiger partial charge in [0.1, 0.15) is 0 Å². The maximum absolute atomic E-state index is 11.9. The molecule has 106 valence electrons. The molecular weight excluding hydrogens is 284 g/mol. The molecule has 4 nitrogen and oxygen atoms in total. The molecule has 0 spiro atoms. The van der Waals surface area contributed by atoms with Gasteiger partial charge in [-0.05, 0) is 50.4 Å². The summed E-state index contributed by atoms with van der Waals surface area (Å²) in [6, 6.07) is 5.88. The quantitative estimate of drug-likeness (QED) is 0.761. The number of hydrogen-bond donors (Lipinski definition) is 2. The first-order valence-corrected chi connectivity index (χ1v) is 8.49. The van der Waals surface area contributed by atoms with Crippen molar-refractivity contribution in [1.82, 2.24) is 5.32 Å². The minimum absolute atomic E-state index is 0.108. The Labute approximate surface area is 119 Å². The summed E-state index contributed by atoms with van der Waals surface area (Å²) in [5, 5.41) is 3.72. The van der Waals surface area contributed by atoms with Crippen molar-refractivity contribution in [2.24, 2.45) is 0 Å². The Kier molecular flexibility index (Phi) is 4.71. The van der Waals surface area contributed by atoms with Crippen LogP contribution in [0.3, 0.4) is 0 Å². The zero-order valence-corrected chi connectivity index (χ0v) is 12.5. The topological polar surface area (TPSA) is 58.2 Å². The Morgan fingerprint density at radius 1 is 1.37 bits per heavy atom. The maximum atomic E-state index is 11.9. The highest BCUT2D eigenvalue weighted by atomic mass is 35.5. The van der Waals surface area contributed by atoms with E-state index >= 15 is 0 Å². The van der Waals surface area contributed by atoms with Crippen LogP contribution in [0.25, 0.3) is 0 Å². The molecule has 19 heavy (non-hydrogen) atoms. The van der Waals surface area contributed by atoms with Crippen LogP contribution in [0, 0.1) is 6.92 Å². The summed E-state index contributed by atoms with van der Waals surface area (Å²) in [6.45, 7) is 2.65. The average molecular weight is 303 g/mol. The van der Waals surface area contributed by atoms with Gasteiger partial charge in [0.05, 0.1) is 16.5 Å². The largest absolute Gasteiger partial charge is 0.314 e. The zero-order chi connectivity index (χ0) is 13.9. The van der Waals surface area contributed by atoms with Crippen molar-refractivity contribution in [3.05, 3.63) is 28.8 Å². The van der Waals surface area contributed by atoms with Gasteiger partial charge < -0.3 is 5.32 Å². The number of aryl methyl sites for hydroxylation is 1. The highest BCUT2D eigenvalue weighted by molar-refractivity contribution is 7.92. The minimum Gasteiger partial charge on any atom is -0.314 e. The molecule has 0 radical (unpaired) electrons. The predicted octanol–water partition coefficient (Wildman–Crippen LogP) is 2.53.